The lowest BCUT2D eigenvalue weighted by molar-refractivity contribution is -0.146. The van der Waals surface area contributed by atoms with E-state index in [0.717, 1.165) is 23.4 Å². The SMILES string of the molecule is Cc1cc(CCN)cnc1N1CCN(CC(F)(F)F)CC1. The van der Waals surface area contributed by atoms with Crippen molar-refractivity contribution in [3.63, 3.8) is 0 Å². The van der Waals surface area contributed by atoms with Crippen LogP contribution in [0.1, 0.15) is 11.1 Å². The van der Waals surface area contributed by atoms with Crippen LogP contribution in [0.2, 0.25) is 0 Å². The van der Waals surface area contributed by atoms with Gasteiger partial charge in [0.05, 0.1) is 6.54 Å². The smallest absolute Gasteiger partial charge is 0.354 e. The van der Waals surface area contributed by atoms with Crippen LogP contribution in [0.3, 0.4) is 0 Å². The lowest BCUT2D eigenvalue weighted by Crippen LogP contribution is -2.49. The molecule has 7 heteroatoms. The largest absolute Gasteiger partial charge is 0.401 e. The number of hydrogen-bond acceptors (Lipinski definition) is 4. The van der Waals surface area contributed by atoms with Crippen LogP contribution in [0.15, 0.2) is 12.3 Å². The van der Waals surface area contributed by atoms with Crippen molar-refractivity contribution in [2.75, 3.05) is 44.2 Å². The molecule has 2 N–H and O–H groups in total. The summed E-state index contributed by atoms with van der Waals surface area (Å²) in [7, 11) is 0. The Morgan fingerprint density at radius 1 is 1.24 bits per heavy atom. The molecular formula is C14H21F3N4. The number of hydrogen-bond donors (Lipinski definition) is 1. The van der Waals surface area contributed by atoms with Crippen LogP contribution in [-0.2, 0) is 6.42 Å². The van der Waals surface area contributed by atoms with Gasteiger partial charge in [-0.05, 0) is 31.0 Å². The van der Waals surface area contributed by atoms with Gasteiger partial charge in [-0.2, -0.15) is 13.2 Å². The fraction of sp³-hybridized carbons (Fsp3) is 0.643. The van der Waals surface area contributed by atoms with Crippen LogP contribution in [0.25, 0.3) is 0 Å². The maximum absolute atomic E-state index is 12.4. The van der Waals surface area contributed by atoms with E-state index in [1.54, 1.807) is 6.20 Å². The Labute approximate surface area is 122 Å². The van der Waals surface area contributed by atoms with Crippen LogP contribution in [0.4, 0.5) is 19.0 Å². The Morgan fingerprint density at radius 2 is 1.90 bits per heavy atom. The first-order valence-corrected chi connectivity index (χ1v) is 7.08. The molecule has 0 aliphatic carbocycles. The van der Waals surface area contributed by atoms with Crippen molar-refractivity contribution in [2.45, 2.75) is 19.5 Å². The van der Waals surface area contributed by atoms with E-state index in [1.165, 1.54) is 4.90 Å². The molecule has 0 spiro atoms. The first-order chi connectivity index (χ1) is 9.89. The quantitative estimate of drug-likeness (QED) is 0.917. The number of halogens is 3. The van der Waals surface area contributed by atoms with Crippen molar-refractivity contribution in [3.05, 3.63) is 23.4 Å². The van der Waals surface area contributed by atoms with E-state index in [1.807, 2.05) is 6.92 Å². The van der Waals surface area contributed by atoms with Crippen LogP contribution < -0.4 is 10.6 Å². The molecule has 0 bridgehead atoms. The second-order valence-electron chi connectivity index (χ2n) is 5.40. The van der Waals surface area contributed by atoms with E-state index in [0.29, 0.717) is 32.7 Å². The first kappa shape index (κ1) is 16.0. The van der Waals surface area contributed by atoms with Crippen molar-refractivity contribution in [2.24, 2.45) is 5.73 Å². The molecular weight excluding hydrogens is 281 g/mol. The van der Waals surface area contributed by atoms with Gasteiger partial charge in [0.1, 0.15) is 5.82 Å². The van der Waals surface area contributed by atoms with Gasteiger partial charge >= 0.3 is 6.18 Å². The van der Waals surface area contributed by atoms with Gasteiger partial charge < -0.3 is 10.6 Å². The molecule has 0 radical (unpaired) electrons. The van der Waals surface area contributed by atoms with E-state index in [2.05, 4.69) is 16.0 Å². The molecule has 21 heavy (non-hydrogen) atoms. The summed E-state index contributed by atoms with van der Waals surface area (Å²) in [5.74, 6) is 0.863. The van der Waals surface area contributed by atoms with E-state index >= 15 is 0 Å². The summed E-state index contributed by atoms with van der Waals surface area (Å²) >= 11 is 0. The van der Waals surface area contributed by atoms with Crippen molar-refractivity contribution in [3.8, 4) is 0 Å². The minimum atomic E-state index is -4.12. The Morgan fingerprint density at radius 3 is 2.43 bits per heavy atom. The van der Waals surface area contributed by atoms with Gasteiger partial charge in [-0.1, -0.05) is 6.07 Å². The summed E-state index contributed by atoms with van der Waals surface area (Å²) in [5.41, 5.74) is 7.66. The average Bonchev–Trinajstić information content (AvgIpc) is 2.39. The third-order valence-corrected chi connectivity index (χ3v) is 3.61. The predicted molar refractivity (Wildman–Crippen MR) is 76.4 cm³/mol. The molecule has 1 aromatic heterocycles. The van der Waals surface area contributed by atoms with Gasteiger partial charge in [-0.15, -0.1) is 0 Å². The molecule has 4 nitrogen and oxygen atoms in total. The highest BCUT2D eigenvalue weighted by Crippen LogP contribution is 2.22. The fourth-order valence-electron chi connectivity index (χ4n) is 2.63. The number of aryl methyl sites for hydroxylation is 1. The molecule has 2 heterocycles. The second-order valence-corrected chi connectivity index (χ2v) is 5.40. The third-order valence-electron chi connectivity index (χ3n) is 3.61. The number of aromatic nitrogens is 1. The monoisotopic (exact) mass is 302 g/mol. The maximum atomic E-state index is 12.4. The Hall–Kier alpha value is -1.34. The highest BCUT2D eigenvalue weighted by molar-refractivity contribution is 5.47. The normalized spacial score (nSPS) is 17.3. The molecule has 0 aromatic carbocycles. The van der Waals surface area contributed by atoms with Crippen LogP contribution in [0.5, 0.6) is 0 Å². The first-order valence-electron chi connectivity index (χ1n) is 7.08. The van der Waals surface area contributed by atoms with Crippen LogP contribution in [0, 0.1) is 6.92 Å². The van der Waals surface area contributed by atoms with Crippen LogP contribution >= 0.6 is 0 Å². The van der Waals surface area contributed by atoms with E-state index in [4.69, 9.17) is 5.73 Å². The number of rotatable bonds is 4. The molecule has 0 unspecified atom stereocenters. The van der Waals surface area contributed by atoms with Crippen molar-refractivity contribution < 1.29 is 13.2 Å². The molecule has 118 valence electrons. The number of nitrogens with two attached hydrogens (primary N) is 1. The highest BCUT2D eigenvalue weighted by Gasteiger charge is 2.32. The number of piperazine rings is 1. The molecule has 2 rings (SSSR count). The molecule has 1 saturated heterocycles. The van der Waals surface area contributed by atoms with E-state index < -0.39 is 12.7 Å². The van der Waals surface area contributed by atoms with Crippen LogP contribution in [-0.4, -0.2) is 55.3 Å². The Kier molecular flexibility index (Phi) is 5.05. The predicted octanol–water partition coefficient (Wildman–Crippen LogP) is 1.58. The molecule has 0 amide bonds. The highest BCUT2D eigenvalue weighted by atomic mass is 19.4. The lowest BCUT2D eigenvalue weighted by atomic mass is 10.1. The van der Waals surface area contributed by atoms with Gasteiger partial charge in [0.25, 0.3) is 0 Å². The lowest BCUT2D eigenvalue weighted by Gasteiger charge is -2.36. The standard InChI is InChI=1S/C14H21F3N4/c1-11-8-12(2-3-18)9-19-13(11)21-6-4-20(5-7-21)10-14(15,16)17/h8-9H,2-7,10,18H2,1H3. The zero-order valence-corrected chi connectivity index (χ0v) is 12.2. The molecule has 0 saturated carbocycles. The number of nitrogens with zero attached hydrogens (tertiary/aromatic N) is 3. The summed E-state index contributed by atoms with van der Waals surface area (Å²) in [6.45, 7) is 3.68. The third kappa shape index (κ3) is 4.57. The molecule has 1 aliphatic heterocycles. The number of alkyl halides is 3. The topological polar surface area (TPSA) is 45.4 Å². The van der Waals surface area contributed by atoms with Gasteiger partial charge in [-0.25, -0.2) is 4.98 Å². The number of anilines is 1. The minimum Gasteiger partial charge on any atom is -0.354 e. The Bertz CT molecular complexity index is 468. The second kappa shape index (κ2) is 6.62. The van der Waals surface area contributed by atoms with Gasteiger partial charge in [0, 0.05) is 32.4 Å². The zero-order valence-electron chi connectivity index (χ0n) is 12.2. The fourth-order valence-corrected chi connectivity index (χ4v) is 2.63. The van der Waals surface area contributed by atoms with Crippen molar-refractivity contribution in [1.82, 2.24) is 9.88 Å². The summed E-state index contributed by atoms with van der Waals surface area (Å²) in [6.07, 6.45) is -1.54. The summed E-state index contributed by atoms with van der Waals surface area (Å²) < 4.78 is 37.1. The maximum Gasteiger partial charge on any atom is 0.401 e. The average molecular weight is 302 g/mol. The van der Waals surface area contributed by atoms with Gasteiger partial charge in [0.15, 0.2) is 0 Å². The van der Waals surface area contributed by atoms with E-state index in [-0.39, 0.29) is 0 Å². The Balaban J connectivity index is 1.96. The molecule has 1 fully saturated rings. The number of pyridine rings is 1. The summed E-state index contributed by atoms with van der Waals surface area (Å²) in [6, 6.07) is 2.05. The molecule has 1 aromatic rings. The van der Waals surface area contributed by atoms with E-state index in [9.17, 15) is 13.2 Å². The molecule has 1 aliphatic rings. The van der Waals surface area contributed by atoms with Crippen molar-refractivity contribution >= 4 is 5.82 Å². The summed E-state index contributed by atoms with van der Waals surface area (Å²) in [5, 5.41) is 0. The van der Waals surface area contributed by atoms with Gasteiger partial charge in [-0.3, -0.25) is 4.90 Å². The van der Waals surface area contributed by atoms with Gasteiger partial charge in [0.2, 0.25) is 0 Å². The minimum absolute atomic E-state index is 0.408. The summed E-state index contributed by atoms with van der Waals surface area (Å²) in [4.78, 5) is 7.94. The molecule has 0 atom stereocenters. The van der Waals surface area contributed by atoms with Crippen molar-refractivity contribution in [1.29, 1.82) is 0 Å². The zero-order chi connectivity index (χ0) is 15.5.